The molecule has 0 aromatic heterocycles. The van der Waals surface area contributed by atoms with Gasteiger partial charge in [0.05, 0.1) is 10.5 Å². The molecular formula is C11H14N2O6. The number of aromatic carboxylic acids is 1. The molecule has 0 aliphatic heterocycles. The van der Waals surface area contributed by atoms with Crippen molar-refractivity contribution in [2.75, 3.05) is 6.61 Å². The first kappa shape index (κ1) is 16.5. The summed E-state index contributed by atoms with van der Waals surface area (Å²) in [6.45, 7) is 0.0446. The molecule has 1 rings (SSSR count). The fourth-order valence-corrected chi connectivity index (χ4v) is 0.979. The second-order valence-corrected chi connectivity index (χ2v) is 3.40. The Balaban J connectivity index is 0.000000399. The molecule has 19 heavy (non-hydrogen) atoms. The summed E-state index contributed by atoms with van der Waals surface area (Å²) < 4.78 is 0. The molecule has 0 bridgehead atoms. The minimum Gasteiger partial charge on any atom is -0.478 e. The standard InChI is InChI=1S/C7H5NO4.C4H9NO2/c9-7(10)5-1-3-6(4-2-5)8(11)12;5-4(7)2-1-3-6/h1-4H,(H,9,10);6H,1-3H2,(H2,5,7). The Morgan fingerprint density at radius 1 is 1.26 bits per heavy atom. The smallest absolute Gasteiger partial charge is 0.335 e. The van der Waals surface area contributed by atoms with E-state index >= 15 is 0 Å². The van der Waals surface area contributed by atoms with Gasteiger partial charge in [0.25, 0.3) is 5.69 Å². The highest BCUT2D eigenvalue weighted by atomic mass is 16.6. The lowest BCUT2D eigenvalue weighted by Gasteiger charge is -1.92. The lowest BCUT2D eigenvalue weighted by Crippen LogP contribution is -2.10. The lowest BCUT2D eigenvalue weighted by atomic mass is 10.2. The molecule has 104 valence electrons. The van der Waals surface area contributed by atoms with Crippen LogP contribution in [0, 0.1) is 10.1 Å². The molecular weight excluding hydrogens is 256 g/mol. The van der Waals surface area contributed by atoms with Crippen molar-refractivity contribution in [3.63, 3.8) is 0 Å². The van der Waals surface area contributed by atoms with E-state index in [4.69, 9.17) is 15.9 Å². The summed E-state index contributed by atoms with van der Waals surface area (Å²) >= 11 is 0. The summed E-state index contributed by atoms with van der Waals surface area (Å²) in [4.78, 5) is 29.7. The topological polar surface area (TPSA) is 144 Å². The molecule has 8 heteroatoms. The maximum absolute atomic E-state index is 10.3. The van der Waals surface area contributed by atoms with Gasteiger partial charge in [-0.2, -0.15) is 0 Å². The number of non-ortho nitro benzene ring substituents is 1. The van der Waals surface area contributed by atoms with Crippen molar-refractivity contribution in [1.82, 2.24) is 0 Å². The number of hydrogen-bond donors (Lipinski definition) is 3. The van der Waals surface area contributed by atoms with E-state index in [1.54, 1.807) is 0 Å². The fourth-order valence-electron chi connectivity index (χ4n) is 0.979. The number of nitrogens with zero attached hydrogens (tertiary/aromatic N) is 1. The van der Waals surface area contributed by atoms with Crippen LogP contribution in [-0.2, 0) is 4.79 Å². The van der Waals surface area contributed by atoms with Crippen LogP contribution in [-0.4, -0.2) is 33.6 Å². The van der Waals surface area contributed by atoms with Gasteiger partial charge in [0.2, 0.25) is 5.91 Å². The number of primary amides is 1. The van der Waals surface area contributed by atoms with Crippen LogP contribution in [0.25, 0.3) is 0 Å². The highest BCUT2D eigenvalue weighted by molar-refractivity contribution is 5.87. The summed E-state index contributed by atoms with van der Waals surface area (Å²) in [7, 11) is 0. The number of aliphatic hydroxyl groups is 1. The Labute approximate surface area is 108 Å². The number of carboxylic acid groups (broad SMARTS) is 1. The largest absolute Gasteiger partial charge is 0.478 e. The van der Waals surface area contributed by atoms with Crippen molar-refractivity contribution >= 4 is 17.6 Å². The van der Waals surface area contributed by atoms with Gasteiger partial charge in [-0.25, -0.2) is 4.79 Å². The molecule has 1 aromatic rings. The first-order valence-electron chi connectivity index (χ1n) is 5.25. The number of rotatable bonds is 5. The monoisotopic (exact) mass is 270 g/mol. The second kappa shape index (κ2) is 8.59. The third-order valence-corrected chi connectivity index (χ3v) is 1.91. The van der Waals surface area contributed by atoms with Gasteiger partial charge in [-0.05, 0) is 18.6 Å². The fraction of sp³-hybridized carbons (Fsp3) is 0.273. The van der Waals surface area contributed by atoms with Crippen LogP contribution in [0.5, 0.6) is 0 Å². The SMILES string of the molecule is NC(=O)CCCO.O=C(O)c1ccc([N+](=O)[O-])cc1. The number of amides is 1. The number of aliphatic hydroxyl groups excluding tert-OH is 1. The van der Waals surface area contributed by atoms with Crippen LogP contribution in [0.1, 0.15) is 23.2 Å². The van der Waals surface area contributed by atoms with Gasteiger partial charge < -0.3 is 15.9 Å². The quantitative estimate of drug-likeness (QED) is 0.526. The molecule has 0 saturated heterocycles. The molecule has 0 atom stereocenters. The van der Waals surface area contributed by atoms with Crippen LogP contribution in [0.3, 0.4) is 0 Å². The Morgan fingerprint density at radius 2 is 1.79 bits per heavy atom. The highest BCUT2D eigenvalue weighted by Gasteiger charge is 2.06. The van der Waals surface area contributed by atoms with Crippen molar-refractivity contribution in [2.24, 2.45) is 5.73 Å². The maximum Gasteiger partial charge on any atom is 0.335 e. The maximum atomic E-state index is 10.3. The van der Waals surface area contributed by atoms with Gasteiger partial charge in [-0.15, -0.1) is 0 Å². The van der Waals surface area contributed by atoms with E-state index in [0.717, 1.165) is 12.1 Å². The molecule has 1 aromatic carbocycles. The summed E-state index contributed by atoms with van der Waals surface area (Å²) in [6, 6.07) is 4.70. The zero-order valence-corrected chi connectivity index (χ0v) is 9.98. The van der Waals surface area contributed by atoms with E-state index in [1.165, 1.54) is 12.1 Å². The van der Waals surface area contributed by atoms with Crippen LogP contribution in [0.2, 0.25) is 0 Å². The number of carboxylic acids is 1. The number of carbonyl (C=O) groups excluding carboxylic acids is 1. The molecule has 4 N–H and O–H groups in total. The van der Waals surface area contributed by atoms with E-state index < -0.39 is 10.9 Å². The van der Waals surface area contributed by atoms with E-state index in [-0.39, 0.29) is 30.2 Å². The van der Waals surface area contributed by atoms with Crippen molar-refractivity contribution in [1.29, 1.82) is 0 Å². The second-order valence-electron chi connectivity index (χ2n) is 3.40. The minimum absolute atomic E-state index is 0.0422. The first-order valence-corrected chi connectivity index (χ1v) is 5.25. The molecule has 0 radical (unpaired) electrons. The molecule has 0 spiro atoms. The minimum atomic E-state index is -1.09. The normalized spacial score (nSPS) is 9.11. The molecule has 0 saturated carbocycles. The first-order chi connectivity index (χ1) is 8.88. The molecule has 8 nitrogen and oxygen atoms in total. The number of carbonyl (C=O) groups is 2. The van der Waals surface area contributed by atoms with Gasteiger partial charge in [0.15, 0.2) is 0 Å². The van der Waals surface area contributed by atoms with Gasteiger partial charge in [0.1, 0.15) is 0 Å². The number of nitro benzene ring substituents is 1. The Kier molecular flexibility index (Phi) is 7.47. The van der Waals surface area contributed by atoms with Gasteiger partial charge in [-0.3, -0.25) is 14.9 Å². The summed E-state index contributed by atoms with van der Waals surface area (Å²) in [6.07, 6.45) is 0.770. The molecule has 0 aliphatic rings. The van der Waals surface area contributed by atoms with Crippen molar-refractivity contribution in [3.05, 3.63) is 39.9 Å². The van der Waals surface area contributed by atoms with Crippen LogP contribution >= 0.6 is 0 Å². The predicted octanol–water partition coefficient (Wildman–Crippen LogP) is 0.537. The molecule has 1 amide bonds. The molecule has 0 fully saturated rings. The Hall–Kier alpha value is -2.48. The van der Waals surface area contributed by atoms with Gasteiger partial charge in [-0.1, -0.05) is 0 Å². The lowest BCUT2D eigenvalue weighted by molar-refractivity contribution is -0.384. The van der Waals surface area contributed by atoms with Crippen molar-refractivity contribution < 1.29 is 24.7 Å². The Morgan fingerprint density at radius 3 is 2.05 bits per heavy atom. The molecule has 0 unspecified atom stereocenters. The van der Waals surface area contributed by atoms with Gasteiger partial charge >= 0.3 is 5.97 Å². The predicted molar refractivity (Wildman–Crippen MR) is 65.6 cm³/mol. The van der Waals surface area contributed by atoms with E-state index in [0.29, 0.717) is 6.42 Å². The summed E-state index contributed by atoms with van der Waals surface area (Å²) in [5.41, 5.74) is 4.66. The zero-order chi connectivity index (χ0) is 14.8. The molecule has 0 aliphatic carbocycles. The molecule has 0 heterocycles. The summed E-state index contributed by atoms with van der Waals surface area (Å²) in [5, 5.41) is 26.7. The average molecular weight is 270 g/mol. The zero-order valence-electron chi connectivity index (χ0n) is 9.98. The van der Waals surface area contributed by atoms with Crippen molar-refractivity contribution in [3.8, 4) is 0 Å². The van der Waals surface area contributed by atoms with Crippen LogP contribution in [0.4, 0.5) is 5.69 Å². The van der Waals surface area contributed by atoms with E-state index in [1.807, 2.05) is 0 Å². The number of hydrogen-bond acceptors (Lipinski definition) is 5. The van der Waals surface area contributed by atoms with Crippen LogP contribution < -0.4 is 5.73 Å². The van der Waals surface area contributed by atoms with E-state index in [2.05, 4.69) is 0 Å². The average Bonchev–Trinajstić information content (AvgIpc) is 2.37. The third kappa shape index (κ3) is 7.45. The number of nitro groups is 1. The number of benzene rings is 1. The van der Waals surface area contributed by atoms with Crippen molar-refractivity contribution in [2.45, 2.75) is 12.8 Å². The highest BCUT2D eigenvalue weighted by Crippen LogP contribution is 2.11. The van der Waals surface area contributed by atoms with Crippen LogP contribution in [0.15, 0.2) is 24.3 Å². The van der Waals surface area contributed by atoms with Gasteiger partial charge in [0, 0.05) is 25.2 Å². The number of nitrogens with two attached hydrogens (primary N) is 1. The summed E-state index contributed by atoms with van der Waals surface area (Å²) in [5.74, 6) is -1.45. The Bertz CT molecular complexity index is 410. The van der Waals surface area contributed by atoms with E-state index in [9.17, 15) is 19.7 Å². The third-order valence-electron chi connectivity index (χ3n) is 1.91.